The van der Waals surface area contributed by atoms with E-state index in [2.05, 4.69) is 36.2 Å². The topological polar surface area (TPSA) is 41.6 Å². The number of amides is 1. The summed E-state index contributed by atoms with van der Waals surface area (Å²) in [7, 11) is 0. The Bertz CT molecular complexity index is 506. The Morgan fingerprint density at radius 1 is 1.33 bits per heavy atom. The van der Waals surface area contributed by atoms with Gasteiger partial charge >= 0.3 is 0 Å². The summed E-state index contributed by atoms with van der Waals surface area (Å²) in [4.78, 5) is 14.1. The molecule has 114 valence electrons. The van der Waals surface area contributed by atoms with Gasteiger partial charge in [-0.3, -0.25) is 9.69 Å². The monoisotopic (exact) mass is 288 g/mol. The molecule has 1 aliphatic heterocycles. The van der Waals surface area contributed by atoms with Crippen molar-refractivity contribution in [2.75, 3.05) is 39.4 Å². The molecule has 0 radical (unpaired) electrons. The SMILES string of the molecule is Cc1ccc(/C=C/C(=O)NCCN2CCOCC2)c(C)c1. The lowest BCUT2D eigenvalue weighted by Crippen LogP contribution is -2.41. The number of carbonyl (C=O) groups is 1. The number of benzene rings is 1. The Morgan fingerprint density at radius 2 is 2.10 bits per heavy atom. The fourth-order valence-electron chi connectivity index (χ4n) is 2.40. The number of rotatable bonds is 5. The minimum Gasteiger partial charge on any atom is -0.379 e. The van der Waals surface area contributed by atoms with Crippen LogP contribution in [0.3, 0.4) is 0 Å². The van der Waals surface area contributed by atoms with E-state index in [1.807, 2.05) is 12.1 Å². The van der Waals surface area contributed by atoms with Crippen molar-refractivity contribution in [1.82, 2.24) is 10.2 Å². The van der Waals surface area contributed by atoms with Crippen LogP contribution in [0.15, 0.2) is 24.3 Å². The van der Waals surface area contributed by atoms with Crippen molar-refractivity contribution in [1.29, 1.82) is 0 Å². The third-order valence-electron chi connectivity index (χ3n) is 3.67. The zero-order valence-corrected chi connectivity index (χ0v) is 12.9. The maximum Gasteiger partial charge on any atom is 0.244 e. The molecule has 4 nitrogen and oxygen atoms in total. The maximum atomic E-state index is 11.8. The second-order valence-electron chi connectivity index (χ2n) is 5.44. The van der Waals surface area contributed by atoms with E-state index in [-0.39, 0.29) is 5.91 Å². The first-order chi connectivity index (χ1) is 10.1. The fourth-order valence-corrected chi connectivity index (χ4v) is 2.40. The molecule has 0 spiro atoms. The van der Waals surface area contributed by atoms with Crippen molar-refractivity contribution in [3.63, 3.8) is 0 Å². The van der Waals surface area contributed by atoms with Crippen molar-refractivity contribution in [3.05, 3.63) is 41.0 Å². The van der Waals surface area contributed by atoms with E-state index < -0.39 is 0 Å². The molecule has 0 aliphatic carbocycles. The number of carbonyl (C=O) groups excluding carboxylic acids is 1. The number of ether oxygens (including phenoxy) is 1. The third-order valence-corrected chi connectivity index (χ3v) is 3.67. The minimum atomic E-state index is -0.0387. The van der Waals surface area contributed by atoms with Gasteiger partial charge in [0.1, 0.15) is 0 Å². The largest absolute Gasteiger partial charge is 0.379 e. The van der Waals surface area contributed by atoms with Gasteiger partial charge in [0.05, 0.1) is 13.2 Å². The summed E-state index contributed by atoms with van der Waals surface area (Å²) in [6, 6.07) is 6.22. The molecule has 0 atom stereocenters. The van der Waals surface area contributed by atoms with Crippen LogP contribution >= 0.6 is 0 Å². The molecule has 21 heavy (non-hydrogen) atoms. The molecule has 1 saturated heterocycles. The number of aryl methyl sites for hydroxylation is 2. The number of hydrogen-bond donors (Lipinski definition) is 1. The molecule has 0 aromatic heterocycles. The van der Waals surface area contributed by atoms with Crippen LogP contribution in [-0.4, -0.2) is 50.2 Å². The molecule has 2 rings (SSSR count). The van der Waals surface area contributed by atoms with Crippen LogP contribution in [0.5, 0.6) is 0 Å². The van der Waals surface area contributed by atoms with Crippen molar-refractivity contribution < 1.29 is 9.53 Å². The molecule has 0 bridgehead atoms. The second-order valence-corrected chi connectivity index (χ2v) is 5.44. The van der Waals surface area contributed by atoms with Gasteiger partial charge in [-0.2, -0.15) is 0 Å². The van der Waals surface area contributed by atoms with Gasteiger partial charge in [0.15, 0.2) is 0 Å². The Balaban J connectivity index is 1.74. The van der Waals surface area contributed by atoms with Crippen LogP contribution in [0.1, 0.15) is 16.7 Å². The molecular formula is C17H24N2O2. The standard InChI is InChI=1S/C17H24N2O2/c1-14-3-4-16(15(2)13-14)5-6-17(20)18-7-8-19-9-11-21-12-10-19/h3-6,13H,7-12H2,1-2H3,(H,18,20)/b6-5+. The smallest absolute Gasteiger partial charge is 0.244 e. The van der Waals surface area contributed by atoms with Gasteiger partial charge in [-0.15, -0.1) is 0 Å². The van der Waals surface area contributed by atoms with Gasteiger partial charge in [0, 0.05) is 32.3 Å². The lowest BCUT2D eigenvalue weighted by molar-refractivity contribution is -0.116. The van der Waals surface area contributed by atoms with Gasteiger partial charge in [-0.05, 0) is 31.1 Å². The molecule has 1 aliphatic rings. The summed E-state index contributed by atoms with van der Waals surface area (Å²) in [6.07, 6.45) is 3.48. The molecule has 1 aromatic carbocycles. The molecule has 1 aromatic rings. The zero-order valence-electron chi connectivity index (χ0n) is 12.9. The highest BCUT2D eigenvalue weighted by molar-refractivity contribution is 5.91. The summed E-state index contributed by atoms with van der Waals surface area (Å²) in [5.74, 6) is -0.0387. The Kier molecular flexibility index (Phi) is 5.96. The third kappa shape index (κ3) is 5.33. The van der Waals surface area contributed by atoms with E-state index in [4.69, 9.17) is 4.74 Å². The van der Waals surface area contributed by atoms with Crippen LogP contribution in [-0.2, 0) is 9.53 Å². The van der Waals surface area contributed by atoms with Crippen LogP contribution in [0, 0.1) is 13.8 Å². The van der Waals surface area contributed by atoms with E-state index in [1.54, 1.807) is 6.08 Å². The van der Waals surface area contributed by atoms with E-state index in [9.17, 15) is 4.79 Å². The summed E-state index contributed by atoms with van der Waals surface area (Å²) >= 11 is 0. The zero-order chi connectivity index (χ0) is 15.1. The summed E-state index contributed by atoms with van der Waals surface area (Å²) in [6.45, 7) is 9.17. The maximum absolute atomic E-state index is 11.8. The van der Waals surface area contributed by atoms with Gasteiger partial charge in [-0.1, -0.05) is 23.8 Å². The molecule has 1 fully saturated rings. The van der Waals surface area contributed by atoms with E-state index in [0.29, 0.717) is 6.54 Å². The summed E-state index contributed by atoms with van der Waals surface area (Å²) in [5, 5.41) is 2.92. The molecule has 1 amide bonds. The van der Waals surface area contributed by atoms with Crippen LogP contribution in [0.25, 0.3) is 6.08 Å². The highest BCUT2D eigenvalue weighted by atomic mass is 16.5. The predicted molar refractivity (Wildman–Crippen MR) is 85.2 cm³/mol. The molecule has 1 heterocycles. The predicted octanol–water partition coefficient (Wildman–Crippen LogP) is 1.77. The molecule has 0 unspecified atom stereocenters. The number of morpholine rings is 1. The number of nitrogens with zero attached hydrogens (tertiary/aromatic N) is 1. The second kappa shape index (κ2) is 7.96. The lowest BCUT2D eigenvalue weighted by Gasteiger charge is -2.26. The van der Waals surface area contributed by atoms with E-state index in [0.717, 1.165) is 38.4 Å². The highest BCUT2D eigenvalue weighted by Gasteiger charge is 2.09. The molecule has 0 saturated carbocycles. The Labute approximate surface area is 126 Å². The van der Waals surface area contributed by atoms with Gasteiger partial charge in [-0.25, -0.2) is 0 Å². The van der Waals surface area contributed by atoms with Crippen LogP contribution < -0.4 is 5.32 Å². The van der Waals surface area contributed by atoms with E-state index in [1.165, 1.54) is 11.1 Å². The minimum absolute atomic E-state index is 0.0387. The first-order valence-corrected chi connectivity index (χ1v) is 7.48. The van der Waals surface area contributed by atoms with Crippen LogP contribution in [0.2, 0.25) is 0 Å². The summed E-state index contributed by atoms with van der Waals surface area (Å²) < 4.78 is 5.29. The van der Waals surface area contributed by atoms with Crippen molar-refractivity contribution in [2.24, 2.45) is 0 Å². The van der Waals surface area contributed by atoms with Crippen molar-refractivity contribution in [2.45, 2.75) is 13.8 Å². The number of nitrogens with one attached hydrogen (secondary N) is 1. The van der Waals surface area contributed by atoms with Crippen molar-refractivity contribution >= 4 is 12.0 Å². The fraction of sp³-hybridized carbons (Fsp3) is 0.471. The molecule has 4 heteroatoms. The Hall–Kier alpha value is -1.65. The van der Waals surface area contributed by atoms with Gasteiger partial charge < -0.3 is 10.1 Å². The summed E-state index contributed by atoms with van der Waals surface area (Å²) in [5.41, 5.74) is 3.51. The van der Waals surface area contributed by atoms with Crippen LogP contribution in [0.4, 0.5) is 0 Å². The first kappa shape index (κ1) is 15.7. The lowest BCUT2D eigenvalue weighted by atomic mass is 10.1. The van der Waals surface area contributed by atoms with E-state index >= 15 is 0 Å². The highest BCUT2D eigenvalue weighted by Crippen LogP contribution is 2.11. The quantitative estimate of drug-likeness (QED) is 0.840. The average molecular weight is 288 g/mol. The molecular weight excluding hydrogens is 264 g/mol. The first-order valence-electron chi connectivity index (χ1n) is 7.48. The van der Waals surface area contributed by atoms with Crippen molar-refractivity contribution in [3.8, 4) is 0 Å². The Morgan fingerprint density at radius 3 is 2.81 bits per heavy atom. The average Bonchev–Trinajstić information content (AvgIpc) is 2.47. The number of hydrogen-bond acceptors (Lipinski definition) is 3. The normalized spacial score (nSPS) is 16.3. The van der Waals surface area contributed by atoms with Gasteiger partial charge in [0.25, 0.3) is 0 Å². The van der Waals surface area contributed by atoms with Gasteiger partial charge in [0.2, 0.25) is 5.91 Å². The molecule has 1 N–H and O–H groups in total.